The van der Waals surface area contributed by atoms with Crippen molar-refractivity contribution < 1.29 is 9.53 Å². The number of carbonyl (C=O) groups is 1. The normalized spacial score (nSPS) is 21.2. The van der Waals surface area contributed by atoms with Crippen molar-refractivity contribution in [1.82, 2.24) is 14.9 Å². The van der Waals surface area contributed by atoms with Gasteiger partial charge in [0.15, 0.2) is 0 Å². The average Bonchev–Trinajstić information content (AvgIpc) is 2.98. The highest BCUT2D eigenvalue weighted by Crippen LogP contribution is 2.58. The van der Waals surface area contributed by atoms with Gasteiger partial charge in [0, 0.05) is 6.54 Å². The van der Waals surface area contributed by atoms with Gasteiger partial charge in [-0.25, -0.2) is 9.78 Å². The molecule has 1 aromatic carbocycles. The molecular formula is C21H27N3O2. The Morgan fingerprint density at radius 2 is 1.96 bits per heavy atom. The monoisotopic (exact) mass is 353 g/mol. The molecule has 1 atom stereocenters. The minimum atomic E-state index is -0.489. The summed E-state index contributed by atoms with van der Waals surface area (Å²) in [5, 5.41) is 0. The SMILES string of the molecule is Cc1ccc(-c2cnc(C3CC4(CC4)CN3C(=O)OC(C)(C)C)[nH]2)cc1. The molecule has 5 nitrogen and oxygen atoms in total. The number of benzene rings is 1. The zero-order valence-corrected chi connectivity index (χ0v) is 16.0. The van der Waals surface area contributed by atoms with E-state index in [1.165, 1.54) is 18.4 Å². The van der Waals surface area contributed by atoms with Gasteiger partial charge in [0.2, 0.25) is 0 Å². The van der Waals surface area contributed by atoms with E-state index in [0.717, 1.165) is 30.0 Å². The van der Waals surface area contributed by atoms with Crippen molar-refractivity contribution in [2.75, 3.05) is 6.54 Å². The summed E-state index contributed by atoms with van der Waals surface area (Å²) in [5.41, 5.74) is 3.12. The molecule has 1 unspecified atom stereocenters. The van der Waals surface area contributed by atoms with E-state index in [2.05, 4.69) is 41.2 Å². The summed E-state index contributed by atoms with van der Waals surface area (Å²) in [6.07, 6.45) is 4.97. The van der Waals surface area contributed by atoms with Gasteiger partial charge < -0.3 is 9.72 Å². The molecule has 1 spiro atoms. The van der Waals surface area contributed by atoms with E-state index >= 15 is 0 Å². The van der Waals surface area contributed by atoms with E-state index in [4.69, 9.17) is 4.74 Å². The van der Waals surface area contributed by atoms with Crippen LogP contribution in [-0.2, 0) is 4.74 Å². The maximum atomic E-state index is 12.7. The van der Waals surface area contributed by atoms with Gasteiger partial charge >= 0.3 is 6.09 Å². The third-order valence-electron chi connectivity index (χ3n) is 5.37. The number of H-pyrrole nitrogens is 1. The predicted molar refractivity (Wildman–Crippen MR) is 101 cm³/mol. The number of hydrogen-bond acceptors (Lipinski definition) is 3. The summed E-state index contributed by atoms with van der Waals surface area (Å²) in [5.74, 6) is 0.857. The van der Waals surface area contributed by atoms with Crippen molar-refractivity contribution >= 4 is 6.09 Å². The van der Waals surface area contributed by atoms with Crippen molar-refractivity contribution in [2.45, 2.75) is 58.6 Å². The maximum Gasteiger partial charge on any atom is 0.410 e. The Morgan fingerprint density at radius 1 is 1.27 bits per heavy atom. The highest BCUT2D eigenvalue weighted by molar-refractivity contribution is 5.69. The Bertz CT molecular complexity index is 813. The van der Waals surface area contributed by atoms with E-state index < -0.39 is 5.60 Å². The number of nitrogens with one attached hydrogen (secondary N) is 1. The number of hydrogen-bond donors (Lipinski definition) is 1. The number of carbonyl (C=O) groups excluding carboxylic acids is 1. The highest BCUT2D eigenvalue weighted by atomic mass is 16.6. The van der Waals surface area contributed by atoms with Crippen LogP contribution in [-0.4, -0.2) is 33.1 Å². The second-order valence-electron chi connectivity index (χ2n) is 8.88. The first-order valence-corrected chi connectivity index (χ1v) is 9.36. The lowest BCUT2D eigenvalue weighted by atomic mass is 10.0. The zero-order chi connectivity index (χ0) is 18.5. The third-order valence-corrected chi connectivity index (χ3v) is 5.37. The number of likely N-dealkylation sites (tertiary alicyclic amines) is 1. The largest absolute Gasteiger partial charge is 0.444 e. The quantitative estimate of drug-likeness (QED) is 0.840. The van der Waals surface area contributed by atoms with Crippen LogP contribution in [0.25, 0.3) is 11.3 Å². The summed E-state index contributed by atoms with van der Waals surface area (Å²) >= 11 is 0. The molecule has 1 amide bonds. The summed E-state index contributed by atoms with van der Waals surface area (Å²) in [6, 6.07) is 8.34. The smallest absolute Gasteiger partial charge is 0.410 e. The lowest BCUT2D eigenvalue weighted by molar-refractivity contribution is 0.0212. The molecule has 1 saturated heterocycles. The Labute approximate surface area is 154 Å². The van der Waals surface area contributed by atoms with Crippen LogP contribution in [0.15, 0.2) is 30.5 Å². The predicted octanol–water partition coefficient (Wildman–Crippen LogP) is 4.85. The molecule has 2 heterocycles. The van der Waals surface area contributed by atoms with Crippen molar-refractivity contribution in [3.63, 3.8) is 0 Å². The van der Waals surface area contributed by atoms with Crippen LogP contribution in [0.2, 0.25) is 0 Å². The van der Waals surface area contributed by atoms with Crippen LogP contribution >= 0.6 is 0 Å². The first-order valence-electron chi connectivity index (χ1n) is 9.36. The fourth-order valence-electron chi connectivity index (χ4n) is 3.74. The minimum Gasteiger partial charge on any atom is -0.444 e. The number of imidazole rings is 1. The Kier molecular flexibility index (Phi) is 3.86. The van der Waals surface area contributed by atoms with Gasteiger partial charge in [-0.1, -0.05) is 29.8 Å². The molecule has 1 saturated carbocycles. The van der Waals surface area contributed by atoms with Crippen molar-refractivity contribution in [3.05, 3.63) is 41.9 Å². The standard InChI is InChI=1S/C21H27N3O2/c1-14-5-7-15(8-6-14)16-12-22-18(23-16)17-11-21(9-10-21)13-24(17)19(25)26-20(2,3)4/h5-8,12,17H,9-11,13H2,1-4H3,(H,22,23). The Hall–Kier alpha value is -2.30. The topological polar surface area (TPSA) is 58.2 Å². The number of aromatic amines is 1. The Morgan fingerprint density at radius 3 is 2.58 bits per heavy atom. The molecule has 1 N–H and O–H groups in total. The molecule has 0 radical (unpaired) electrons. The van der Waals surface area contributed by atoms with Gasteiger partial charge in [-0.3, -0.25) is 4.90 Å². The summed E-state index contributed by atoms with van der Waals surface area (Å²) < 4.78 is 5.64. The van der Waals surface area contributed by atoms with E-state index in [0.29, 0.717) is 0 Å². The second kappa shape index (κ2) is 5.86. The molecule has 138 valence electrons. The molecule has 0 bridgehead atoms. The molecule has 1 aliphatic heterocycles. The number of amides is 1. The number of rotatable bonds is 2. The van der Waals surface area contributed by atoms with Crippen LogP contribution in [0.1, 0.15) is 57.5 Å². The van der Waals surface area contributed by atoms with Crippen molar-refractivity contribution in [3.8, 4) is 11.3 Å². The highest BCUT2D eigenvalue weighted by Gasteiger charge is 2.55. The first-order chi connectivity index (χ1) is 12.2. The lowest BCUT2D eigenvalue weighted by Crippen LogP contribution is -2.37. The van der Waals surface area contributed by atoms with Crippen LogP contribution in [0.3, 0.4) is 0 Å². The van der Waals surface area contributed by atoms with Gasteiger partial charge in [-0.2, -0.15) is 0 Å². The second-order valence-corrected chi connectivity index (χ2v) is 8.88. The fraction of sp³-hybridized carbons (Fsp3) is 0.524. The molecule has 2 aromatic rings. The van der Waals surface area contributed by atoms with Crippen molar-refractivity contribution in [2.24, 2.45) is 5.41 Å². The first kappa shape index (κ1) is 17.1. The van der Waals surface area contributed by atoms with E-state index in [1.807, 2.05) is 31.9 Å². The molecule has 2 fully saturated rings. The van der Waals surface area contributed by atoms with Gasteiger partial charge in [0.25, 0.3) is 0 Å². The number of nitrogens with zero attached hydrogens (tertiary/aromatic N) is 2. The Balaban J connectivity index is 1.59. The average molecular weight is 353 g/mol. The van der Waals surface area contributed by atoms with Gasteiger partial charge in [0.05, 0.1) is 17.9 Å². The van der Waals surface area contributed by atoms with Gasteiger partial charge in [-0.05, 0) is 57.9 Å². The van der Waals surface area contributed by atoms with E-state index in [-0.39, 0.29) is 17.6 Å². The summed E-state index contributed by atoms with van der Waals surface area (Å²) in [7, 11) is 0. The van der Waals surface area contributed by atoms with Crippen LogP contribution in [0.4, 0.5) is 4.79 Å². The fourth-order valence-corrected chi connectivity index (χ4v) is 3.74. The van der Waals surface area contributed by atoms with Crippen LogP contribution in [0.5, 0.6) is 0 Å². The molecule has 4 rings (SSSR count). The molecule has 1 aromatic heterocycles. The van der Waals surface area contributed by atoms with Crippen LogP contribution < -0.4 is 0 Å². The number of ether oxygens (including phenoxy) is 1. The molecule has 5 heteroatoms. The van der Waals surface area contributed by atoms with Gasteiger partial charge in [0.1, 0.15) is 11.4 Å². The molecule has 1 aliphatic carbocycles. The van der Waals surface area contributed by atoms with Crippen LogP contribution in [0, 0.1) is 12.3 Å². The zero-order valence-electron chi connectivity index (χ0n) is 16.0. The third kappa shape index (κ3) is 3.35. The number of aryl methyl sites for hydroxylation is 1. The molecular weight excluding hydrogens is 326 g/mol. The van der Waals surface area contributed by atoms with Gasteiger partial charge in [-0.15, -0.1) is 0 Å². The minimum absolute atomic E-state index is 0.0356. The summed E-state index contributed by atoms with van der Waals surface area (Å²) in [6.45, 7) is 8.57. The van der Waals surface area contributed by atoms with E-state index in [1.54, 1.807) is 0 Å². The molecule has 2 aliphatic rings. The lowest BCUT2D eigenvalue weighted by Gasteiger charge is -2.27. The molecule has 26 heavy (non-hydrogen) atoms. The van der Waals surface area contributed by atoms with E-state index in [9.17, 15) is 4.79 Å². The summed E-state index contributed by atoms with van der Waals surface area (Å²) in [4.78, 5) is 22.7. The maximum absolute atomic E-state index is 12.7. The van der Waals surface area contributed by atoms with Crippen molar-refractivity contribution in [1.29, 1.82) is 0 Å². The number of aromatic nitrogens is 2.